The van der Waals surface area contributed by atoms with Crippen molar-refractivity contribution in [2.24, 2.45) is 5.92 Å². The van der Waals surface area contributed by atoms with Gasteiger partial charge in [0.25, 0.3) is 0 Å². The van der Waals surface area contributed by atoms with Gasteiger partial charge in [0, 0.05) is 12.8 Å². The zero-order chi connectivity index (χ0) is 10.7. The maximum Gasteiger partial charge on any atom is 0.328 e. The number of carbonyl (C=O) groups excluding carboxylic acids is 2. The Morgan fingerprint density at radius 2 is 2.40 bits per heavy atom. The van der Waals surface area contributed by atoms with E-state index in [0.29, 0.717) is 25.4 Å². The predicted octanol–water partition coefficient (Wildman–Crippen LogP) is 0.774. The van der Waals surface area contributed by atoms with Crippen LogP contribution in [0.3, 0.4) is 0 Å². The minimum Gasteiger partial charge on any atom is -0.464 e. The van der Waals surface area contributed by atoms with Gasteiger partial charge in [-0.1, -0.05) is 12.2 Å². The Labute approximate surface area is 88.7 Å². The number of cyclic esters (lactones) is 1. The Morgan fingerprint density at radius 1 is 1.53 bits per heavy atom. The summed E-state index contributed by atoms with van der Waals surface area (Å²) in [6, 6.07) is -0.414. The van der Waals surface area contributed by atoms with Gasteiger partial charge in [-0.15, -0.1) is 0 Å². The van der Waals surface area contributed by atoms with Crippen LogP contribution < -0.4 is 5.32 Å². The average molecular weight is 209 g/mol. The van der Waals surface area contributed by atoms with E-state index >= 15 is 0 Å². The van der Waals surface area contributed by atoms with Crippen molar-refractivity contribution in [1.29, 1.82) is 0 Å². The molecule has 0 saturated carbocycles. The molecule has 2 rings (SSSR count). The summed E-state index contributed by atoms with van der Waals surface area (Å²) in [4.78, 5) is 22.6. The number of rotatable bonds is 3. The largest absolute Gasteiger partial charge is 0.464 e. The van der Waals surface area contributed by atoms with E-state index in [1.807, 2.05) is 0 Å². The third-order valence-corrected chi connectivity index (χ3v) is 2.83. The van der Waals surface area contributed by atoms with Crippen LogP contribution in [-0.2, 0) is 14.3 Å². The van der Waals surface area contributed by atoms with Crippen LogP contribution in [0.4, 0.5) is 0 Å². The molecule has 1 heterocycles. The first kappa shape index (κ1) is 10.2. The Balaban J connectivity index is 1.76. The number of esters is 1. The maximum absolute atomic E-state index is 11.5. The SMILES string of the molecule is O=C(CC1C=CCC1)N[C@@H]1CCOC1=O. The zero-order valence-corrected chi connectivity index (χ0v) is 8.57. The minimum atomic E-state index is -0.414. The fourth-order valence-electron chi connectivity index (χ4n) is 1.98. The highest BCUT2D eigenvalue weighted by molar-refractivity contribution is 5.85. The van der Waals surface area contributed by atoms with Crippen molar-refractivity contribution in [2.45, 2.75) is 31.7 Å². The standard InChI is InChI=1S/C11H15NO3/c13-10(7-8-3-1-2-4-8)12-9-5-6-15-11(9)14/h1,3,8-9H,2,4-7H2,(H,12,13)/t8?,9-/m1/s1. The highest BCUT2D eigenvalue weighted by atomic mass is 16.5. The average Bonchev–Trinajstić information content (AvgIpc) is 2.79. The van der Waals surface area contributed by atoms with Crippen molar-refractivity contribution in [2.75, 3.05) is 6.61 Å². The molecule has 1 unspecified atom stereocenters. The molecule has 0 aromatic heterocycles. The number of allylic oxidation sites excluding steroid dienone is 2. The van der Waals surface area contributed by atoms with Crippen molar-refractivity contribution in [3.63, 3.8) is 0 Å². The zero-order valence-electron chi connectivity index (χ0n) is 8.57. The lowest BCUT2D eigenvalue weighted by Crippen LogP contribution is -2.38. The van der Waals surface area contributed by atoms with E-state index in [4.69, 9.17) is 4.74 Å². The van der Waals surface area contributed by atoms with E-state index in [-0.39, 0.29) is 11.9 Å². The fourth-order valence-corrected chi connectivity index (χ4v) is 1.98. The van der Waals surface area contributed by atoms with E-state index in [2.05, 4.69) is 17.5 Å². The maximum atomic E-state index is 11.5. The number of hydrogen-bond donors (Lipinski definition) is 1. The summed E-state index contributed by atoms with van der Waals surface area (Å²) in [6.07, 6.45) is 7.37. The Kier molecular flexibility index (Phi) is 3.04. The molecule has 15 heavy (non-hydrogen) atoms. The molecule has 2 aliphatic rings. The topological polar surface area (TPSA) is 55.4 Å². The van der Waals surface area contributed by atoms with Crippen molar-refractivity contribution < 1.29 is 14.3 Å². The first-order valence-electron chi connectivity index (χ1n) is 5.38. The Hall–Kier alpha value is -1.32. The molecule has 1 amide bonds. The molecule has 0 radical (unpaired) electrons. The van der Waals surface area contributed by atoms with Gasteiger partial charge in [-0.2, -0.15) is 0 Å². The van der Waals surface area contributed by atoms with Crippen LogP contribution in [0.5, 0.6) is 0 Å². The van der Waals surface area contributed by atoms with Crippen LogP contribution in [0.25, 0.3) is 0 Å². The van der Waals surface area contributed by atoms with Gasteiger partial charge in [0.2, 0.25) is 5.91 Å². The number of amides is 1. The summed E-state index contributed by atoms with van der Waals surface area (Å²) in [5, 5.41) is 2.71. The second-order valence-electron chi connectivity index (χ2n) is 4.05. The molecule has 0 bridgehead atoms. The van der Waals surface area contributed by atoms with Gasteiger partial charge in [0.15, 0.2) is 0 Å². The van der Waals surface area contributed by atoms with Crippen LogP contribution in [0.2, 0.25) is 0 Å². The van der Waals surface area contributed by atoms with Gasteiger partial charge < -0.3 is 10.1 Å². The van der Waals surface area contributed by atoms with E-state index < -0.39 is 6.04 Å². The van der Waals surface area contributed by atoms with Crippen molar-refractivity contribution in [3.8, 4) is 0 Å². The quantitative estimate of drug-likeness (QED) is 0.552. The normalized spacial score (nSPS) is 29.2. The lowest BCUT2D eigenvalue weighted by Gasteiger charge is -2.11. The summed E-state index contributed by atoms with van der Waals surface area (Å²) >= 11 is 0. The van der Waals surface area contributed by atoms with Crippen molar-refractivity contribution in [1.82, 2.24) is 5.32 Å². The Bertz CT molecular complexity index is 298. The molecule has 0 aromatic carbocycles. The van der Waals surface area contributed by atoms with Gasteiger partial charge in [0.1, 0.15) is 6.04 Å². The predicted molar refractivity (Wildman–Crippen MR) is 54.0 cm³/mol. The summed E-state index contributed by atoms with van der Waals surface area (Å²) in [5.41, 5.74) is 0. The third kappa shape index (κ3) is 2.58. The van der Waals surface area contributed by atoms with E-state index in [0.717, 1.165) is 12.8 Å². The molecule has 4 nitrogen and oxygen atoms in total. The lowest BCUT2D eigenvalue weighted by atomic mass is 10.0. The molecule has 1 aliphatic heterocycles. The smallest absolute Gasteiger partial charge is 0.328 e. The fraction of sp³-hybridized carbons (Fsp3) is 0.636. The minimum absolute atomic E-state index is 0.0459. The second kappa shape index (κ2) is 4.47. The van der Waals surface area contributed by atoms with Crippen LogP contribution in [0, 0.1) is 5.92 Å². The van der Waals surface area contributed by atoms with Gasteiger partial charge in [0.05, 0.1) is 6.61 Å². The van der Waals surface area contributed by atoms with Crippen LogP contribution in [0.1, 0.15) is 25.7 Å². The first-order valence-corrected chi connectivity index (χ1v) is 5.38. The van der Waals surface area contributed by atoms with Crippen molar-refractivity contribution >= 4 is 11.9 Å². The molecule has 1 N–H and O–H groups in total. The molecule has 1 fully saturated rings. The van der Waals surface area contributed by atoms with E-state index in [1.165, 1.54) is 0 Å². The lowest BCUT2D eigenvalue weighted by molar-refractivity contribution is -0.141. The van der Waals surface area contributed by atoms with Crippen LogP contribution in [0.15, 0.2) is 12.2 Å². The van der Waals surface area contributed by atoms with Crippen LogP contribution in [-0.4, -0.2) is 24.5 Å². The van der Waals surface area contributed by atoms with Gasteiger partial charge in [-0.3, -0.25) is 4.79 Å². The third-order valence-electron chi connectivity index (χ3n) is 2.83. The molecule has 0 aromatic rings. The van der Waals surface area contributed by atoms with Gasteiger partial charge in [-0.25, -0.2) is 4.79 Å². The molecule has 1 saturated heterocycles. The molecule has 2 atom stereocenters. The highest BCUT2D eigenvalue weighted by Gasteiger charge is 2.28. The number of carbonyl (C=O) groups is 2. The summed E-state index contributed by atoms with van der Waals surface area (Å²) in [7, 11) is 0. The molecular weight excluding hydrogens is 194 g/mol. The summed E-state index contributed by atoms with van der Waals surface area (Å²) in [5.74, 6) is 0.00291. The molecule has 4 heteroatoms. The molecule has 1 aliphatic carbocycles. The monoisotopic (exact) mass is 209 g/mol. The Morgan fingerprint density at radius 3 is 3.00 bits per heavy atom. The highest BCUT2D eigenvalue weighted by Crippen LogP contribution is 2.20. The first-order chi connectivity index (χ1) is 7.25. The number of hydrogen-bond acceptors (Lipinski definition) is 3. The van der Waals surface area contributed by atoms with Crippen LogP contribution >= 0.6 is 0 Å². The molecule has 82 valence electrons. The number of nitrogens with one attached hydrogen (secondary N) is 1. The summed E-state index contributed by atoms with van der Waals surface area (Å²) < 4.78 is 4.77. The molecule has 0 spiro atoms. The van der Waals surface area contributed by atoms with Gasteiger partial charge in [-0.05, 0) is 18.8 Å². The second-order valence-corrected chi connectivity index (χ2v) is 4.05. The van der Waals surface area contributed by atoms with Crippen molar-refractivity contribution in [3.05, 3.63) is 12.2 Å². The number of ether oxygens (including phenoxy) is 1. The van der Waals surface area contributed by atoms with E-state index in [1.54, 1.807) is 0 Å². The molecular formula is C11H15NO3. The van der Waals surface area contributed by atoms with E-state index in [9.17, 15) is 9.59 Å². The van der Waals surface area contributed by atoms with Gasteiger partial charge >= 0.3 is 5.97 Å². The summed E-state index contributed by atoms with van der Waals surface area (Å²) in [6.45, 7) is 0.424.